The van der Waals surface area contributed by atoms with E-state index in [-0.39, 0.29) is 9.70 Å². The van der Waals surface area contributed by atoms with Crippen molar-refractivity contribution in [2.24, 2.45) is 0 Å². The summed E-state index contributed by atoms with van der Waals surface area (Å²) in [6, 6.07) is 0. The fourth-order valence-corrected chi connectivity index (χ4v) is 1.21. The van der Waals surface area contributed by atoms with Gasteiger partial charge < -0.3 is 0 Å². The zero-order valence-electron chi connectivity index (χ0n) is 8.04. The smallest absolute Gasteiger partial charge is 0.0515 e. The van der Waals surface area contributed by atoms with Gasteiger partial charge in [0.25, 0.3) is 0 Å². The van der Waals surface area contributed by atoms with Crippen LogP contribution in [0.3, 0.4) is 0 Å². The second kappa shape index (κ2) is 5.43. The Hall–Kier alpha value is 0.540. The van der Waals surface area contributed by atoms with E-state index in [1.165, 1.54) is 0 Å². The maximum absolute atomic E-state index is 6.11. The Kier molecular flexibility index (Phi) is 5.65. The predicted octanol–water partition coefficient (Wildman–Crippen LogP) is 4.86. The van der Waals surface area contributed by atoms with Crippen molar-refractivity contribution in [3.05, 3.63) is 23.8 Å². The number of alkyl halides is 2. The van der Waals surface area contributed by atoms with E-state index in [0.717, 1.165) is 18.4 Å². The van der Waals surface area contributed by atoms with E-state index in [4.69, 9.17) is 23.2 Å². The molecule has 0 aliphatic carbocycles. The number of allylic oxidation sites excluding steroid dienone is 2. The number of rotatable bonds is 5. The van der Waals surface area contributed by atoms with Crippen LogP contribution < -0.4 is 0 Å². The van der Waals surface area contributed by atoms with Gasteiger partial charge in [0.05, 0.1) is 4.87 Å². The second-order valence-corrected chi connectivity index (χ2v) is 6.11. The molecule has 0 aliphatic rings. The molecular formula is C10H15BrCl2. The van der Waals surface area contributed by atoms with E-state index in [1.54, 1.807) is 0 Å². The molecule has 76 valence electrons. The van der Waals surface area contributed by atoms with E-state index in [2.05, 4.69) is 29.1 Å². The largest absolute Gasteiger partial charge is 0.119 e. The molecular weight excluding hydrogens is 271 g/mol. The maximum atomic E-state index is 6.11. The van der Waals surface area contributed by atoms with Crippen molar-refractivity contribution >= 4 is 39.1 Å². The van der Waals surface area contributed by atoms with Gasteiger partial charge >= 0.3 is 0 Å². The van der Waals surface area contributed by atoms with Crippen molar-refractivity contribution in [2.45, 2.75) is 36.4 Å². The molecule has 0 aromatic rings. The molecule has 0 saturated heterocycles. The summed E-state index contributed by atoms with van der Waals surface area (Å²) in [5, 5.41) is 0.534. The SMILES string of the molecule is C=C(Cl)C(=C)CCC(Br)C(C)(C)Cl. The molecule has 13 heavy (non-hydrogen) atoms. The average Bonchev–Trinajstić information content (AvgIpc) is 1.97. The second-order valence-electron chi connectivity index (χ2n) is 3.58. The zero-order chi connectivity index (χ0) is 10.6. The molecule has 0 heterocycles. The molecule has 0 saturated carbocycles. The molecule has 3 heteroatoms. The van der Waals surface area contributed by atoms with Gasteiger partial charge in [0.1, 0.15) is 0 Å². The predicted molar refractivity (Wildman–Crippen MR) is 66.0 cm³/mol. The van der Waals surface area contributed by atoms with Crippen LogP contribution >= 0.6 is 39.1 Å². The lowest BCUT2D eigenvalue weighted by molar-refractivity contribution is 0.618. The normalized spacial score (nSPS) is 13.9. The summed E-state index contributed by atoms with van der Waals surface area (Å²) in [7, 11) is 0. The van der Waals surface area contributed by atoms with Crippen molar-refractivity contribution in [2.75, 3.05) is 0 Å². The third-order valence-corrected chi connectivity index (χ3v) is 4.22. The van der Waals surface area contributed by atoms with Crippen LogP contribution in [0.2, 0.25) is 0 Å². The van der Waals surface area contributed by atoms with Gasteiger partial charge in [0, 0.05) is 9.86 Å². The number of hydrogen-bond donors (Lipinski definition) is 0. The van der Waals surface area contributed by atoms with Gasteiger partial charge in [-0.15, -0.1) is 11.6 Å². The quantitative estimate of drug-likeness (QED) is 0.500. The Labute approximate surface area is 99.1 Å². The van der Waals surface area contributed by atoms with Crippen LogP contribution in [0.25, 0.3) is 0 Å². The summed E-state index contributed by atoms with van der Waals surface area (Å²) < 4.78 is 0. The molecule has 0 aromatic heterocycles. The topological polar surface area (TPSA) is 0 Å². The molecule has 0 nitrogen and oxygen atoms in total. The highest BCUT2D eigenvalue weighted by Gasteiger charge is 2.23. The molecule has 0 rings (SSSR count). The van der Waals surface area contributed by atoms with Gasteiger partial charge in [0.2, 0.25) is 0 Å². The van der Waals surface area contributed by atoms with Gasteiger partial charge in [0.15, 0.2) is 0 Å². The van der Waals surface area contributed by atoms with Crippen molar-refractivity contribution in [3.8, 4) is 0 Å². The minimum atomic E-state index is -0.242. The first-order valence-electron chi connectivity index (χ1n) is 4.10. The van der Waals surface area contributed by atoms with Gasteiger partial charge in [-0.25, -0.2) is 0 Å². The zero-order valence-corrected chi connectivity index (χ0v) is 11.1. The molecule has 0 fully saturated rings. The Morgan fingerprint density at radius 2 is 1.92 bits per heavy atom. The lowest BCUT2D eigenvalue weighted by atomic mass is 10.0. The minimum Gasteiger partial charge on any atom is -0.119 e. The van der Waals surface area contributed by atoms with Crippen molar-refractivity contribution in [1.29, 1.82) is 0 Å². The molecule has 1 unspecified atom stereocenters. The highest BCUT2D eigenvalue weighted by molar-refractivity contribution is 9.09. The van der Waals surface area contributed by atoms with Gasteiger partial charge in [-0.2, -0.15) is 0 Å². The monoisotopic (exact) mass is 284 g/mol. The highest BCUT2D eigenvalue weighted by Crippen LogP contribution is 2.30. The first kappa shape index (κ1) is 13.5. The Bertz CT molecular complexity index is 203. The summed E-state index contributed by atoms with van der Waals surface area (Å²) in [6.07, 6.45) is 1.75. The number of halogens is 3. The van der Waals surface area contributed by atoms with Crippen LogP contribution in [0, 0.1) is 0 Å². The average molecular weight is 286 g/mol. The van der Waals surface area contributed by atoms with Crippen LogP contribution in [-0.4, -0.2) is 9.70 Å². The van der Waals surface area contributed by atoms with Gasteiger partial charge in [-0.1, -0.05) is 40.7 Å². The summed E-state index contributed by atoms with van der Waals surface area (Å²) >= 11 is 15.3. The lowest BCUT2D eigenvalue weighted by Gasteiger charge is -2.23. The summed E-state index contributed by atoms with van der Waals surface area (Å²) in [4.78, 5) is 0.0166. The molecule has 0 aliphatic heterocycles. The Balaban J connectivity index is 3.91. The van der Waals surface area contributed by atoms with Crippen molar-refractivity contribution in [3.63, 3.8) is 0 Å². The summed E-state index contributed by atoms with van der Waals surface area (Å²) in [5.41, 5.74) is 0.882. The maximum Gasteiger partial charge on any atom is 0.0515 e. The molecule has 0 N–H and O–H groups in total. The molecule has 1 atom stereocenters. The van der Waals surface area contributed by atoms with E-state index in [1.807, 2.05) is 13.8 Å². The molecule has 0 spiro atoms. The van der Waals surface area contributed by atoms with Crippen molar-refractivity contribution in [1.82, 2.24) is 0 Å². The third kappa shape index (κ3) is 5.77. The molecule has 0 amide bonds. The van der Waals surface area contributed by atoms with Crippen molar-refractivity contribution < 1.29 is 0 Å². The van der Waals surface area contributed by atoms with E-state index in [0.29, 0.717) is 5.03 Å². The lowest BCUT2D eigenvalue weighted by Crippen LogP contribution is -2.24. The fourth-order valence-electron chi connectivity index (χ4n) is 0.780. The van der Waals surface area contributed by atoms with E-state index >= 15 is 0 Å². The fraction of sp³-hybridized carbons (Fsp3) is 0.600. The Morgan fingerprint density at radius 3 is 2.23 bits per heavy atom. The van der Waals surface area contributed by atoms with Gasteiger partial charge in [-0.3, -0.25) is 0 Å². The van der Waals surface area contributed by atoms with Crippen LogP contribution in [-0.2, 0) is 0 Å². The summed E-state index contributed by atoms with van der Waals surface area (Å²) in [5.74, 6) is 0. The van der Waals surface area contributed by atoms with Crippen LogP contribution in [0.5, 0.6) is 0 Å². The highest BCUT2D eigenvalue weighted by atomic mass is 79.9. The first-order valence-corrected chi connectivity index (χ1v) is 5.78. The summed E-state index contributed by atoms with van der Waals surface area (Å²) in [6.45, 7) is 11.4. The minimum absolute atomic E-state index is 0.242. The standard InChI is InChI=1S/C10H15BrCl2/c1-7(8(2)12)5-6-9(11)10(3,4)13/h9H,1-2,5-6H2,3-4H3. The first-order chi connectivity index (χ1) is 5.75. The van der Waals surface area contributed by atoms with E-state index in [9.17, 15) is 0 Å². The molecule has 0 radical (unpaired) electrons. The van der Waals surface area contributed by atoms with Crippen LogP contribution in [0.4, 0.5) is 0 Å². The third-order valence-electron chi connectivity index (χ3n) is 1.83. The molecule has 0 bridgehead atoms. The molecule has 0 aromatic carbocycles. The Morgan fingerprint density at radius 1 is 1.46 bits per heavy atom. The van der Waals surface area contributed by atoms with E-state index < -0.39 is 0 Å². The van der Waals surface area contributed by atoms with Gasteiger partial charge in [-0.05, 0) is 32.3 Å². The van der Waals surface area contributed by atoms with Crippen LogP contribution in [0.1, 0.15) is 26.7 Å². The van der Waals surface area contributed by atoms with Crippen LogP contribution in [0.15, 0.2) is 23.8 Å². The number of hydrogen-bond acceptors (Lipinski definition) is 0.